The Bertz CT molecular complexity index is 1190. The number of rotatable bonds is 6. The molecule has 3 aromatic rings. The molecule has 10 heteroatoms. The molecule has 0 radical (unpaired) electrons. The molecule has 158 valence electrons. The summed E-state index contributed by atoms with van der Waals surface area (Å²) < 4.78 is 58.6. The number of aromatic nitrogens is 1. The molecule has 0 unspecified atom stereocenters. The van der Waals surface area contributed by atoms with Crippen LogP contribution < -0.4 is 15.2 Å². The van der Waals surface area contributed by atoms with Gasteiger partial charge in [-0.3, -0.25) is 4.72 Å². The van der Waals surface area contributed by atoms with Crippen LogP contribution in [0.5, 0.6) is 5.75 Å². The Morgan fingerprint density at radius 2 is 1.73 bits per heavy atom. The second kappa shape index (κ2) is 8.45. The van der Waals surface area contributed by atoms with Gasteiger partial charge in [-0.25, -0.2) is 22.2 Å². The number of pyridine rings is 1. The third-order valence-electron chi connectivity index (χ3n) is 4.19. The molecule has 30 heavy (non-hydrogen) atoms. The molecule has 2 aromatic carbocycles. The summed E-state index contributed by atoms with van der Waals surface area (Å²) in [4.78, 5) is 4.09. The van der Waals surface area contributed by atoms with Crippen LogP contribution in [0.2, 0.25) is 5.02 Å². The quantitative estimate of drug-likeness (QED) is 0.524. The summed E-state index contributed by atoms with van der Waals surface area (Å²) in [6.45, 7) is 1.52. The van der Waals surface area contributed by atoms with Crippen molar-refractivity contribution in [2.75, 3.05) is 16.7 Å². The number of ether oxygens (including phenoxy) is 1. The highest BCUT2D eigenvalue weighted by Crippen LogP contribution is 2.34. The van der Waals surface area contributed by atoms with Gasteiger partial charge in [-0.1, -0.05) is 23.7 Å². The molecule has 0 aliphatic heterocycles. The van der Waals surface area contributed by atoms with Crippen LogP contribution in [0.15, 0.2) is 48.7 Å². The Balaban J connectivity index is 1.88. The lowest BCUT2D eigenvalue weighted by molar-refractivity contribution is 0.221. The number of nitrogens with zero attached hydrogens (tertiary/aromatic N) is 1. The van der Waals surface area contributed by atoms with Gasteiger partial charge < -0.3 is 10.5 Å². The fraction of sp³-hybridized carbons (Fsp3) is 0.150. The summed E-state index contributed by atoms with van der Waals surface area (Å²) in [7, 11) is -3.38. The maximum absolute atomic E-state index is 14.2. The summed E-state index contributed by atoms with van der Waals surface area (Å²) in [5.74, 6) is -1.23. The molecule has 3 rings (SSSR count). The van der Waals surface area contributed by atoms with E-state index in [-0.39, 0.29) is 22.2 Å². The Kier molecular flexibility index (Phi) is 6.14. The van der Waals surface area contributed by atoms with E-state index in [1.165, 1.54) is 13.1 Å². The molecular formula is C20H18ClF2N3O3S. The molecule has 1 atom stereocenters. The van der Waals surface area contributed by atoms with E-state index < -0.39 is 27.8 Å². The Morgan fingerprint density at radius 3 is 2.37 bits per heavy atom. The lowest BCUT2D eigenvalue weighted by Gasteiger charge is -2.18. The van der Waals surface area contributed by atoms with Gasteiger partial charge >= 0.3 is 0 Å². The van der Waals surface area contributed by atoms with Gasteiger partial charge in [0, 0.05) is 23.0 Å². The average molecular weight is 454 g/mol. The molecule has 0 bridgehead atoms. The average Bonchev–Trinajstić information content (AvgIpc) is 2.66. The maximum atomic E-state index is 14.2. The second-order valence-corrected chi connectivity index (χ2v) is 8.70. The number of hydrogen-bond acceptors (Lipinski definition) is 5. The maximum Gasteiger partial charge on any atom is 0.229 e. The molecule has 3 N–H and O–H groups in total. The van der Waals surface area contributed by atoms with Crippen molar-refractivity contribution >= 4 is 33.1 Å². The summed E-state index contributed by atoms with van der Waals surface area (Å²) in [6.07, 6.45) is 1.64. The first-order chi connectivity index (χ1) is 14.0. The lowest BCUT2D eigenvalue weighted by atomic mass is 10.1. The van der Waals surface area contributed by atoms with Crippen LogP contribution in [0.4, 0.5) is 20.3 Å². The van der Waals surface area contributed by atoms with Crippen LogP contribution >= 0.6 is 11.6 Å². The van der Waals surface area contributed by atoms with Crippen molar-refractivity contribution in [1.82, 2.24) is 4.98 Å². The topological polar surface area (TPSA) is 94.3 Å². The van der Waals surface area contributed by atoms with Gasteiger partial charge in [0.15, 0.2) is 11.6 Å². The van der Waals surface area contributed by atoms with Crippen LogP contribution in [-0.2, 0) is 10.0 Å². The largest absolute Gasteiger partial charge is 0.482 e. The molecule has 0 saturated carbocycles. The Labute approximate surface area is 177 Å². The minimum Gasteiger partial charge on any atom is -0.482 e. The van der Waals surface area contributed by atoms with Crippen molar-refractivity contribution in [3.8, 4) is 16.9 Å². The number of halogens is 3. The monoisotopic (exact) mass is 453 g/mol. The first-order valence-electron chi connectivity index (χ1n) is 8.69. The van der Waals surface area contributed by atoms with Crippen molar-refractivity contribution in [2.24, 2.45) is 0 Å². The number of sulfonamides is 1. The zero-order valence-corrected chi connectivity index (χ0v) is 17.6. The van der Waals surface area contributed by atoms with E-state index in [1.807, 2.05) is 0 Å². The van der Waals surface area contributed by atoms with E-state index in [9.17, 15) is 17.2 Å². The van der Waals surface area contributed by atoms with E-state index >= 15 is 0 Å². The fourth-order valence-corrected chi connectivity index (χ4v) is 3.69. The van der Waals surface area contributed by atoms with E-state index in [1.54, 1.807) is 30.3 Å². The van der Waals surface area contributed by atoms with Gasteiger partial charge in [-0.15, -0.1) is 0 Å². The number of benzene rings is 2. The van der Waals surface area contributed by atoms with Gasteiger partial charge in [0.1, 0.15) is 17.7 Å². The minimum absolute atomic E-state index is 0.0638. The molecule has 0 amide bonds. The van der Waals surface area contributed by atoms with Crippen molar-refractivity contribution in [1.29, 1.82) is 0 Å². The molecule has 1 heterocycles. The van der Waals surface area contributed by atoms with Gasteiger partial charge in [0.2, 0.25) is 10.0 Å². The number of nitrogens with two attached hydrogens (primary N) is 1. The van der Waals surface area contributed by atoms with Crippen molar-refractivity contribution in [2.45, 2.75) is 13.0 Å². The van der Waals surface area contributed by atoms with Crippen LogP contribution in [0.25, 0.3) is 11.1 Å². The predicted octanol–water partition coefficient (Wildman–Crippen LogP) is 4.77. The standard InChI is InChI=1S/C20H18ClF2N3O3S/c1-11(18-15(22)7-8-16(23)19(18)21)29-17-9-13(10-25-20(17)24)12-3-5-14(6-4-12)26-30(2,27)28/h3-11,26H,1-2H3,(H2,24,25)/t11-/m1/s1. The SMILES string of the molecule is C[C@@H](Oc1cc(-c2ccc(NS(C)(=O)=O)cc2)cnc1N)c1c(F)ccc(F)c1Cl. The van der Waals surface area contributed by atoms with Crippen LogP contribution in [-0.4, -0.2) is 19.7 Å². The van der Waals surface area contributed by atoms with Crippen LogP contribution in [0.3, 0.4) is 0 Å². The normalized spacial score (nSPS) is 12.4. The Hall–Kier alpha value is -2.91. The second-order valence-electron chi connectivity index (χ2n) is 6.58. The number of nitrogen functional groups attached to an aromatic ring is 1. The van der Waals surface area contributed by atoms with Gasteiger partial charge in [-0.2, -0.15) is 0 Å². The van der Waals surface area contributed by atoms with E-state index in [0.717, 1.165) is 18.4 Å². The zero-order chi connectivity index (χ0) is 22.1. The smallest absolute Gasteiger partial charge is 0.229 e. The molecule has 0 spiro atoms. The Morgan fingerprint density at radius 1 is 1.10 bits per heavy atom. The zero-order valence-electron chi connectivity index (χ0n) is 16.0. The number of nitrogens with one attached hydrogen (secondary N) is 1. The fourth-order valence-electron chi connectivity index (χ4n) is 2.82. The highest BCUT2D eigenvalue weighted by molar-refractivity contribution is 7.92. The molecule has 0 aliphatic rings. The van der Waals surface area contributed by atoms with E-state index in [4.69, 9.17) is 22.1 Å². The summed E-state index contributed by atoms with van der Waals surface area (Å²) in [6, 6.07) is 10.1. The highest BCUT2D eigenvalue weighted by Gasteiger charge is 2.21. The van der Waals surface area contributed by atoms with Gasteiger partial charge in [0.25, 0.3) is 0 Å². The highest BCUT2D eigenvalue weighted by atomic mass is 35.5. The summed E-state index contributed by atoms with van der Waals surface area (Å²) in [5.41, 5.74) is 7.51. The van der Waals surface area contributed by atoms with Crippen LogP contribution in [0.1, 0.15) is 18.6 Å². The molecular weight excluding hydrogens is 436 g/mol. The number of hydrogen-bond donors (Lipinski definition) is 2. The van der Waals surface area contributed by atoms with Crippen molar-refractivity contribution in [3.05, 3.63) is 70.9 Å². The molecule has 6 nitrogen and oxygen atoms in total. The first-order valence-corrected chi connectivity index (χ1v) is 11.0. The van der Waals surface area contributed by atoms with E-state index in [2.05, 4.69) is 9.71 Å². The summed E-state index contributed by atoms with van der Waals surface area (Å²) in [5, 5.41) is -0.362. The third-order valence-corrected chi connectivity index (χ3v) is 5.18. The minimum atomic E-state index is -3.38. The van der Waals surface area contributed by atoms with Crippen molar-refractivity contribution in [3.63, 3.8) is 0 Å². The first kappa shape index (κ1) is 21.8. The molecule has 0 saturated heterocycles. The van der Waals surface area contributed by atoms with E-state index in [0.29, 0.717) is 16.8 Å². The van der Waals surface area contributed by atoms with Gasteiger partial charge in [-0.05, 0) is 42.8 Å². The molecule has 1 aromatic heterocycles. The lowest BCUT2D eigenvalue weighted by Crippen LogP contribution is -2.09. The van der Waals surface area contributed by atoms with Crippen molar-refractivity contribution < 1.29 is 21.9 Å². The summed E-state index contributed by atoms with van der Waals surface area (Å²) >= 11 is 5.90. The predicted molar refractivity (Wildman–Crippen MR) is 113 cm³/mol. The number of anilines is 2. The molecule has 0 aliphatic carbocycles. The van der Waals surface area contributed by atoms with Crippen LogP contribution in [0, 0.1) is 11.6 Å². The molecule has 0 fully saturated rings. The van der Waals surface area contributed by atoms with Gasteiger partial charge in [0.05, 0.1) is 11.3 Å². The third kappa shape index (κ3) is 4.98.